The van der Waals surface area contributed by atoms with E-state index in [1.54, 1.807) is 6.92 Å². The Bertz CT molecular complexity index is 1600. The van der Waals surface area contributed by atoms with Gasteiger partial charge in [-0.2, -0.15) is 26.3 Å². The van der Waals surface area contributed by atoms with Gasteiger partial charge in [-0.3, -0.25) is 4.79 Å². The molecule has 2 amide bonds. The minimum Gasteiger partial charge on any atom is -0.481 e. The Morgan fingerprint density at radius 2 is 1.53 bits per heavy atom. The molecule has 3 aliphatic rings. The zero-order valence-corrected chi connectivity index (χ0v) is 24.4. The molecule has 7 nitrogen and oxygen atoms in total. The van der Waals surface area contributed by atoms with Gasteiger partial charge in [0.25, 0.3) is 0 Å². The summed E-state index contributed by atoms with van der Waals surface area (Å²) in [7, 11) is -4.62. The number of likely N-dealkylation sites (tertiary alicyclic amines) is 2. The Hall–Kier alpha value is -3.43. The minimum atomic E-state index is -6.38. The topological polar surface area (TPSA) is 95.0 Å². The van der Waals surface area contributed by atoms with Gasteiger partial charge in [-0.1, -0.05) is 25.1 Å². The van der Waals surface area contributed by atoms with Gasteiger partial charge in [0.1, 0.15) is 10.6 Å². The first-order valence-corrected chi connectivity index (χ1v) is 15.5. The number of rotatable bonds is 4. The first-order chi connectivity index (χ1) is 20.8. The number of aryl methyl sites for hydroxylation is 1. The molecule has 0 aromatic heterocycles. The zero-order valence-electron chi connectivity index (χ0n) is 23.6. The van der Waals surface area contributed by atoms with E-state index in [0.29, 0.717) is 6.07 Å². The minimum absolute atomic E-state index is 0.0576. The molecule has 2 aromatic carbocycles. The molecule has 0 bridgehead atoms. The van der Waals surface area contributed by atoms with Gasteiger partial charge >= 0.3 is 30.0 Å². The second kappa shape index (κ2) is 10.8. The highest BCUT2D eigenvalue weighted by Crippen LogP contribution is 2.56. The number of carboxylic acids is 1. The highest BCUT2D eigenvalue weighted by molar-refractivity contribution is 7.92. The van der Waals surface area contributed by atoms with Crippen LogP contribution >= 0.6 is 0 Å². The number of aliphatic carboxylic acids is 1. The van der Waals surface area contributed by atoms with Crippen molar-refractivity contribution >= 4 is 21.8 Å². The molecule has 0 spiro atoms. The smallest absolute Gasteiger partial charge is 0.435 e. The standard InChI is InChI=1S/C29H28F8N2O5S/c1-16-13-38(11-10-22(16)24(40)41)25(42)39-14-19-3-2-17-12-18(27(31,28(32,33)34)29(35,36)37)4-9-23(17)26(19,15-39)45(43,44)21-7-5-20(30)6-8-21/h4-9,12,16,19,22H,2-3,10-11,13-15H2,1H3,(H,40,41). The Morgan fingerprint density at radius 3 is 2.09 bits per heavy atom. The Kier molecular flexibility index (Phi) is 7.93. The van der Waals surface area contributed by atoms with Gasteiger partial charge in [-0.05, 0) is 60.6 Å². The molecule has 2 aliphatic heterocycles. The Labute approximate surface area is 252 Å². The van der Waals surface area contributed by atoms with Crippen LogP contribution in [-0.4, -0.2) is 73.9 Å². The van der Waals surface area contributed by atoms with Crippen LogP contribution in [0.15, 0.2) is 47.4 Å². The number of urea groups is 1. The fourth-order valence-corrected chi connectivity index (χ4v) is 9.43. The van der Waals surface area contributed by atoms with E-state index in [9.17, 15) is 58.2 Å². The van der Waals surface area contributed by atoms with E-state index in [-0.39, 0.29) is 61.0 Å². The SMILES string of the molecule is CC1CN(C(=O)N2CC3CCc4cc(C(F)(C(F)(F)F)C(F)(F)F)ccc4C3(S(=O)(=O)c3ccc(F)cc3)C2)CCC1C(=O)O. The summed E-state index contributed by atoms with van der Waals surface area (Å²) in [5.41, 5.74) is -7.91. The molecule has 2 aromatic rings. The number of carbonyl (C=O) groups is 2. The molecule has 2 saturated heterocycles. The third-order valence-electron chi connectivity index (χ3n) is 9.40. The molecule has 2 heterocycles. The predicted octanol–water partition coefficient (Wildman–Crippen LogP) is 5.82. The number of nitrogens with zero attached hydrogens (tertiary/aromatic N) is 2. The van der Waals surface area contributed by atoms with Crippen LogP contribution < -0.4 is 0 Å². The van der Waals surface area contributed by atoms with Gasteiger partial charge in [0.15, 0.2) is 9.84 Å². The monoisotopic (exact) mass is 668 g/mol. The molecule has 4 unspecified atom stereocenters. The molecular weight excluding hydrogens is 640 g/mol. The second-order valence-corrected chi connectivity index (χ2v) is 14.1. The van der Waals surface area contributed by atoms with Crippen LogP contribution in [0.1, 0.15) is 36.5 Å². The number of hydrogen-bond acceptors (Lipinski definition) is 4. The number of fused-ring (bicyclic) bond motifs is 3. The lowest BCUT2D eigenvalue weighted by molar-refractivity contribution is -0.348. The number of piperidine rings is 1. The highest BCUT2D eigenvalue weighted by Gasteiger charge is 2.74. The first kappa shape index (κ1) is 32.9. The highest BCUT2D eigenvalue weighted by atomic mass is 32.2. The maximum atomic E-state index is 15.0. The quantitative estimate of drug-likeness (QED) is 0.327. The van der Waals surface area contributed by atoms with Crippen molar-refractivity contribution in [3.05, 3.63) is 65.0 Å². The molecule has 1 aliphatic carbocycles. The van der Waals surface area contributed by atoms with Crippen molar-refractivity contribution in [2.24, 2.45) is 17.8 Å². The molecule has 2 fully saturated rings. The van der Waals surface area contributed by atoms with Gasteiger partial charge in [0.05, 0.1) is 10.8 Å². The van der Waals surface area contributed by atoms with E-state index in [4.69, 9.17) is 0 Å². The average Bonchev–Trinajstić information content (AvgIpc) is 3.37. The summed E-state index contributed by atoms with van der Waals surface area (Å²) in [6, 6.07) is 4.50. The van der Waals surface area contributed by atoms with Crippen molar-refractivity contribution < 1.29 is 58.2 Å². The number of sulfone groups is 1. The lowest BCUT2D eigenvalue weighted by Gasteiger charge is -2.40. The van der Waals surface area contributed by atoms with Crippen LogP contribution in [0.2, 0.25) is 0 Å². The summed E-state index contributed by atoms with van der Waals surface area (Å²) in [6.45, 7) is 1.08. The molecule has 0 radical (unpaired) electrons. The molecule has 1 N–H and O–H groups in total. The molecular formula is C29H28F8N2O5S. The van der Waals surface area contributed by atoms with Gasteiger partial charge in [-0.25, -0.2) is 22.0 Å². The summed E-state index contributed by atoms with van der Waals surface area (Å²) >= 11 is 0. The number of alkyl halides is 7. The van der Waals surface area contributed by atoms with E-state index in [2.05, 4.69) is 0 Å². The van der Waals surface area contributed by atoms with Gasteiger partial charge in [0, 0.05) is 37.7 Å². The number of amides is 2. The van der Waals surface area contributed by atoms with Gasteiger partial charge < -0.3 is 14.9 Å². The zero-order chi connectivity index (χ0) is 33.3. The molecule has 5 rings (SSSR count). The maximum Gasteiger partial charge on any atom is 0.435 e. The fourth-order valence-electron chi connectivity index (χ4n) is 7.07. The number of carbonyl (C=O) groups excluding carboxylic acids is 1. The third-order valence-corrected chi connectivity index (χ3v) is 11.9. The summed E-state index contributed by atoms with van der Waals surface area (Å²) in [4.78, 5) is 27.5. The third kappa shape index (κ3) is 5.03. The Balaban J connectivity index is 1.62. The number of halogens is 8. The number of hydrogen-bond donors (Lipinski definition) is 1. The van der Waals surface area contributed by atoms with Crippen LogP contribution in [0, 0.1) is 23.6 Å². The summed E-state index contributed by atoms with van der Waals surface area (Å²) < 4.78 is 137. The Morgan fingerprint density at radius 1 is 0.911 bits per heavy atom. The fraction of sp³-hybridized carbons (Fsp3) is 0.517. The number of benzene rings is 2. The predicted molar refractivity (Wildman–Crippen MR) is 142 cm³/mol. The lowest BCUT2D eigenvalue weighted by Crippen LogP contribution is -2.51. The molecule has 0 saturated carbocycles. The van der Waals surface area contributed by atoms with Crippen molar-refractivity contribution in [3.63, 3.8) is 0 Å². The van der Waals surface area contributed by atoms with Crippen LogP contribution in [0.5, 0.6) is 0 Å². The molecule has 16 heteroatoms. The van der Waals surface area contributed by atoms with Crippen molar-refractivity contribution in [1.82, 2.24) is 9.80 Å². The van der Waals surface area contributed by atoms with Crippen LogP contribution in [-0.2, 0) is 31.5 Å². The average molecular weight is 669 g/mol. The summed E-state index contributed by atoms with van der Waals surface area (Å²) in [5.74, 6) is -3.79. The van der Waals surface area contributed by atoms with Crippen molar-refractivity contribution in [2.45, 2.75) is 53.9 Å². The van der Waals surface area contributed by atoms with E-state index in [0.717, 1.165) is 30.3 Å². The van der Waals surface area contributed by atoms with Crippen LogP contribution in [0.25, 0.3) is 0 Å². The van der Waals surface area contributed by atoms with E-state index in [1.165, 1.54) is 9.80 Å². The van der Waals surface area contributed by atoms with Gasteiger partial charge in [0.2, 0.25) is 0 Å². The maximum absolute atomic E-state index is 15.0. The molecule has 45 heavy (non-hydrogen) atoms. The van der Waals surface area contributed by atoms with Crippen LogP contribution in [0.4, 0.5) is 39.9 Å². The largest absolute Gasteiger partial charge is 0.481 e. The van der Waals surface area contributed by atoms with Crippen molar-refractivity contribution in [3.8, 4) is 0 Å². The second-order valence-electron chi connectivity index (χ2n) is 11.9. The lowest BCUT2D eigenvalue weighted by atomic mass is 9.75. The van der Waals surface area contributed by atoms with Gasteiger partial charge in [-0.15, -0.1) is 0 Å². The molecule has 4 atom stereocenters. The van der Waals surface area contributed by atoms with E-state index < -0.39 is 80.3 Å². The molecule has 246 valence electrons. The summed E-state index contributed by atoms with van der Waals surface area (Å²) in [5, 5.41) is 9.43. The normalized spacial score (nSPS) is 25.9. The van der Waals surface area contributed by atoms with Crippen molar-refractivity contribution in [1.29, 1.82) is 0 Å². The van der Waals surface area contributed by atoms with Crippen molar-refractivity contribution in [2.75, 3.05) is 26.2 Å². The summed E-state index contributed by atoms with van der Waals surface area (Å²) in [6.07, 6.45) is -12.9. The van der Waals surface area contributed by atoms with Crippen LogP contribution in [0.3, 0.4) is 0 Å². The van der Waals surface area contributed by atoms with E-state index >= 15 is 0 Å². The first-order valence-electron chi connectivity index (χ1n) is 14.0. The number of carboxylic acid groups (broad SMARTS) is 1. The van der Waals surface area contributed by atoms with E-state index in [1.807, 2.05) is 0 Å².